The van der Waals surface area contributed by atoms with Crippen LogP contribution in [0.5, 0.6) is 11.5 Å². The van der Waals surface area contributed by atoms with Crippen LogP contribution in [-0.2, 0) is 31.1 Å². The Bertz CT molecular complexity index is 2010. The number of amides is 4. The Hall–Kier alpha value is -5.22. The molecule has 4 aromatic rings. The minimum atomic E-state index is -1.47. The molecule has 8 rings (SSSR count). The average Bonchev–Trinajstić information content (AvgIpc) is 3.78. The maximum absolute atomic E-state index is 15.2. The van der Waals surface area contributed by atoms with Crippen LogP contribution >= 0.6 is 11.3 Å². The lowest BCUT2D eigenvalue weighted by molar-refractivity contribution is -0.141. The van der Waals surface area contributed by atoms with E-state index in [2.05, 4.69) is 5.43 Å². The van der Waals surface area contributed by atoms with Crippen molar-refractivity contribution in [2.24, 2.45) is 23.7 Å². The Morgan fingerprint density at radius 2 is 1.69 bits per heavy atom. The van der Waals surface area contributed by atoms with Crippen molar-refractivity contribution >= 4 is 40.7 Å². The van der Waals surface area contributed by atoms with Crippen molar-refractivity contribution in [2.45, 2.75) is 37.6 Å². The van der Waals surface area contributed by atoms with Crippen molar-refractivity contribution < 1.29 is 29.0 Å². The number of benzene rings is 3. The third-order valence-electron chi connectivity index (χ3n) is 10.9. The van der Waals surface area contributed by atoms with Gasteiger partial charge in [-0.3, -0.25) is 29.5 Å². The van der Waals surface area contributed by atoms with E-state index < -0.39 is 46.8 Å². The fourth-order valence-corrected chi connectivity index (χ4v) is 9.45. The SMILES string of the molecule is COc1ccc(O)c([C@H]2C3=CC[C@@H]4C(=O)N(Cc5cccs5)C(=O)[C@@H]4[C@@H]3C[C@H]3C(=O)N(Nc4ccc(C)cc4)C(=O)[C@@]23c2ccccc2)c1. The molecule has 3 aromatic carbocycles. The highest BCUT2D eigenvalue weighted by atomic mass is 32.1. The van der Waals surface area contributed by atoms with Gasteiger partial charge in [0.05, 0.1) is 42.5 Å². The van der Waals surface area contributed by atoms with Crippen molar-refractivity contribution in [2.75, 3.05) is 12.5 Å². The van der Waals surface area contributed by atoms with Crippen molar-refractivity contribution in [3.05, 3.63) is 124 Å². The number of nitrogens with zero attached hydrogens (tertiary/aromatic N) is 2. The highest BCUT2D eigenvalue weighted by Crippen LogP contribution is 2.65. The van der Waals surface area contributed by atoms with Gasteiger partial charge in [0.25, 0.3) is 11.8 Å². The lowest BCUT2D eigenvalue weighted by Gasteiger charge is -2.50. The zero-order valence-corrected chi connectivity index (χ0v) is 27.9. The number of fused-ring (bicyclic) bond motifs is 4. The Labute approximate surface area is 287 Å². The van der Waals surface area contributed by atoms with Gasteiger partial charge in [0.15, 0.2) is 0 Å². The van der Waals surface area contributed by atoms with Crippen LogP contribution in [0.1, 0.15) is 40.3 Å². The second-order valence-corrected chi connectivity index (χ2v) is 14.4. The van der Waals surface area contributed by atoms with E-state index in [1.807, 2.05) is 85.1 Å². The predicted molar refractivity (Wildman–Crippen MR) is 183 cm³/mol. The number of aryl methyl sites for hydroxylation is 1. The molecule has 0 spiro atoms. The number of aromatic hydroxyl groups is 1. The van der Waals surface area contributed by atoms with Crippen molar-refractivity contribution in [3.63, 3.8) is 0 Å². The molecule has 4 aliphatic rings. The smallest absolute Gasteiger partial charge is 0.260 e. The molecule has 6 atom stereocenters. The van der Waals surface area contributed by atoms with Crippen LogP contribution < -0.4 is 10.2 Å². The average molecular weight is 674 g/mol. The fourth-order valence-electron chi connectivity index (χ4n) is 8.76. The Kier molecular flexibility index (Phi) is 7.44. The number of allylic oxidation sites excluding steroid dienone is 2. The Morgan fingerprint density at radius 1 is 0.918 bits per heavy atom. The van der Waals surface area contributed by atoms with Crippen LogP contribution in [0.25, 0.3) is 0 Å². The first-order valence-electron chi connectivity index (χ1n) is 16.5. The van der Waals surface area contributed by atoms with Gasteiger partial charge in [-0.05, 0) is 73.0 Å². The number of phenols is 1. The van der Waals surface area contributed by atoms with Gasteiger partial charge in [-0.25, -0.2) is 0 Å². The maximum Gasteiger partial charge on any atom is 0.260 e. The van der Waals surface area contributed by atoms with Crippen LogP contribution in [0.4, 0.5) is 5.69 Å². The van der Waals surface area contributed by atoms with Crippen LogP contribution in [-0.4, -0.2) is 45.8 Å². The largest absolute Gasteiger partial charge is 0.508 e. The predicted octanol–water partition coefficient (Wildman–Crippen LogP) is 5.96. The molecule has 0 unspecified atom stereocenters. The first-order valence-corrected chi connectivity index (χ1v) is 17.3. The molecule has 2 aliphatic carbocycles. The minimum absolute atomic E-state index is 0.0538. The number of anilines is 1. The molecule has 1 saturated carbocycles. The molecule has 3 fully saturated rings. The number of rotatable bonds is 7. The number of imide groups is 2. The lowest BCUT2D eigenvalue weighted by Crippen LogP contribution is -2.53. The summed E-state index contributed by atoms with van der Waals surface area (Å²) in [5, 5.41) is 14.6. The minimum Gasteiger partial charge on any atom is -0.508 e. The molecule has 2 aliphatic heterocycles. The number of ether oxygens (including phenoxy) is 1. The van der Waals surface area contributed by atoms with Crippen molar-refractivity contribution in [1.29, 1.82) is 0 Å². The van der Waals surface area contributed by atoms with E-state index in [4.69, 9.17) is 4.74 Å². The second kappa shape index (κ2) is 11.7. The van der Waals surface area contributed by atoms with Gasteiger partial charge in [-0.1, -0.05) is 65.7 Å². The summed E-state index contributed by atoms with van der Waals surface area (Å²) in [4.78, 5) is 60.4. The quantitative estimate of drug-likeness (QED) is 0.184. The zero-order valence-electron chi connectivity index (χ0n) is 27.0. The fraction of sp³-hybridized carbons (Fsp3) is 0.282. The van der Waals surface area contributed by atoms with E-state index in [1.165, 1.54) is 29.4 Å². The number of phenolic OH excluding ortho intramolecular Hbond substituents is 1. The molecule has 2 saturated heterocycles. The summed E-state index contributed by atoms with van der Waals surface area (Å²) in [6.07, 6.45) is 2.49. The van der Waals surface area contributed by atoms with Crippen LogP contribution in [0.15, 0.2) is 102 Å². The highest BCUT2D eigenvalue weighted by molar-refractivity contribution is 7.09. The number of methoxy groups -OCH3 is 1. The van der Waals surface area contributed by atoms with Crippen LogP contribution in [0.2, 0.25) is 0 Å². The molecule has 0 bridgehead atoms. The molecule has 9 nitrogen and oxygen atoms in total. The third kappa shape index (κ3) is 4.64. The first kappa shape index (κ1) is 31.1. The van der Waals surface area contributed by atoms with Gasteiger partial charge in [-0.2, -0.15) is 5.01 Å². The van der Waals surface area contributed by atoms with E-state index >= 15 is 4.79 Å². The molecular formula is C39H35N3O6S. The molecule has 1 aromatic heterocycles. The number of carbonyl (C=O) groups excluding carboxylic acids is 4. The van der Waals surface area contributed by atoms with E-state index in [-0.39, 0.29) is 30.5 Å². The normalized spacial score (nSPS) is 27.5. The number of hydrogen-bond acceptors (Lipinski definition) is 8. The molecule has 2 N–H and O–H groups in total. The standard InChI is InChI=1S/C39H35N3O6S/c1-22-10-12-24(13-11-22)40-42-36(45)31-20-29-27(15-16-28-33(29)37(46)41(35(28)44)21-26-9-6-18-49-26)34(30-19-25(48-2)14-17-32(30)43)39(31,38(42)47)23-7-4-3-5-8-23/h3-15,17-19,28-29,31,33-34,40,43H,16,20-21H2,1-2H3/t28-,29+,31-,33-,34+,39+/m0/s1. The topological polar surface area (TPSA) is 116 Å². The second-order valence-electron chi connectivity index (χ2n) is 13.4. The first-order chi connectivity index (χ1) is 23.7. The van der Waals surface area contributed by atoms with E-state index in [0.29, 0.717) is 29.0 Å². The van der Waals surface area contributed by atoms with E-state index in [9.17, 15) is 19.5 Å². The maximum atomic E-state index is 15.2. The van der Waals surface area contributed by atoms with Gasteiger partial charge < -0.3 is 9.84 Å². The molecule has 4 amide bonds. The molecule has 248 valence electrons. The number of nitrogens with one attached hydrogen (secondary N) is 1. The highest BCUT2D eigenvalue weighted by Gasteiger charge is 2.70. The monoisotopic (exact) mass is 673 g/mol. The van der Waals surface area contributed by atoms with E-state index in [0.717, 1.165) is 21.0 Å². The summed E-state index contributed by atoms with van der Waals surface area (Å²) >= 11 is 1.49. The zero-order chi connectivity index (χ0) is 34.0. The van der Waals surface area contributed by atoms with E-state index in [1.54, 1.807) is 12.1 Å². The lowest BCUT2D eigenvalue weighted by atomic mass is 9.49. The van der Waals surface area contributed by atoms with Gasteiger partial charge >= 0.3 is 0 Å². The van der Waals surface area contributed by atoms with Crippen LogP contribution in [0.3, 0.4) is 0 Å². The molecular weight excluding hydrogens is 639 g/mol. The molecule has 0 radical (unpaired) electrons. The van der Waals surface area contributed by atoms with Gasteiger partial charge in [0.2, 0.25) is 11.8 Å². The summed E-state index contributed by atoms with van der Waals surface area (Å²) < 4.78 is 5.60. The number of thiophene rings is 1. The van der Waals surface area contributed by atoms with Crippen molar-refractivity contribution in [1.82, 2.24) is 9.91 Å². The summed E-state index contributed by atoms with van der Waals surface area (Å²) in [7, 11) is 1.53. The Balaban J connectivity index is 1.32. The number of hydrazine groups is 1. The summed E-state index contributed by atoms with van der Waals surface area (Å²) in [5.41, 5.74) is 5.07. The Morgan fingerprint density at radius 3 is 2.41 bits per heavy atom. The summed E-state index contributed by atoms with van der Waals surface area (Å²) in [6, 6.07) is 25.4. The molecule has 49 heavy (non-hydrogen) atoms. The summed E-state index contributed by atoms with van der Waals surface area (Å²) in [6.45, 7) is 2.16. The number of carbonyl (C=O) groups is 4. The molecule has 10 heteroatoms. The third-order valence-corrected chi connectivity index (χ3v) is 11.8. The van der Waals surface area contributed by atoms with Crippen molar-refractivity contribution in [3.8, 4) is 11.5 Å². The summed E-state index contributed by atoms with van der Waals surface area (Å²) in [5.74, 6) is -4.45. The van der Waals surface area contributed by atoms with Gasteiger partial charge in [0.1, 0.15) is 11.5 Å². The van der Waals surface area contributed by atoms with Gasteiger partial charge in [-0.15, -0.1) is 11.3 Å². The van der Waals surface area contributed by atoms with Gasteiger partial charge in [0, 0.05) is 16.4 Å². The molecule has 3 heterocycles. The number of likely N-dealkylation sites (tertiary alicyclic amines) is 1. The number of hydrogen-bond donors (Lipinski definition) is 2. The van der Waals surface area contributed by atoms with Crippen LogP contribution in [0, 0.1) is 30.6 Å².